The van der Waals surface area contributed by atoms with Crippen LogP contribution in [0.1, 0.15) is 44.1 Å². The van der Waals surface area contributed by atoms with E-state index in [2.05, 4.69) is 22.2 Å². The van der Waals surface area contributed by atoms with Crippen molar-refractivity contribution in [2.24, 2.45) is 28.3 Å². The van der Waals surface area contributed by atoms with Crippen LogP contribution in [0.4, 0.5) is 0 Å². The van der Waals surface area contributed by atoms with Gasteiger partial charge < -0.3 is 4.90 Å². The third-order valence-electron chi connectivity index (χ3n) is 7.26. The maximum Gasteiger partial charge on any atom is 0.234 e. The quantitative estimate of drug-likeness (QED) is 0.350. The van der Waals surface area contributed by atoms with Gasteiger partial charge >= 0.3 is 0 Å². The summed E-state index contributed by atoms with van der Waals surface area (Å²) < 4.78 is 0. The van der Waals surface area contributed by atoms with Crippen LogP contribution >= 0.6 is 0 Å². The van der Waals surface area contributed by atoms with Crippen LogP contribution in [-0.2, 0) is 11.3 Å². The van der Waals surface area contributed by atoms with Crippen LogP contribution in [0.3, 0.4) is 0 Å². The second kappa shape index (κ2) is 5.50. The Morgan fingerprint density at radius 3 is 2.24 bits per heavy atom. The number of azide groups is 1. The molecule has 0 radical (unpaired) electrons. The maximum absolute atomic E-state index is 12.7. The lowest BCUT2D eigenvalue weighted by Crippen LogP contribution is -2.72. The van der Waals surface area contributed by atoms with Gasteiger partial charge in [-0.3, -0.25) is 4.79 Å². The molecule has 0 spiro atoms. The zero-order valence-corrected chi connectivity index (χ0v) is 14.4. The Bertz CT molecular complexity index is 704. The smallest absolute Gasteiger partial charge is 0.234 e. The molecule has 1 aliphatic heterocycles. The largest absolute Gasteiger partial charge is 0.333 e. The third-order valence-corrected chi connectivity index (χ3v) is 7.26. The lowest BCUT2D eigenvalue weighted by Gasteiger charge is -2.64. The molecule has 0 aromatic heterocycles. The van der Waals surface area contributed by atoms with Gasteiger partial charge in [0, 0.05) is 11.5 Å². The molecule has 4 aliphatic carbocycles. The van der Waals surface area contributed by atoms with Crippen molar-refractivity contribution in [2.45, 2.75) is 57.2 Å². The van der Waals surface area contributed by atoms with Crippen molar-refractivity contribution >= 4 is 5.91 Å². The number of rotatable bonds is 4. The van der Waals surface area contributed by atoms with E-state index in [4.69, 9.17) is 5.53 Å². The minimum atomic E-state index is -0.482. The molecule has 0 N–H and O–H groups in total. The van der Waals surface area contributed by atoms with Crippen LogP contribution in [0.2, 0.25) is 0 Å². The Labute approximate surface area is 148 Å². The molecule has 1 heterocycles. The summed E-state index contributed by atoms with van der Waals surface area (Å²) in [6.45, 7) is 0.642. The SMILES string of the molecule is [N-]=[N+]=N[C@H]1C(=O)N(Cc2ccccc2)[C@@H]1C12CC3CC(CC(C3)C1)C2. The first-order chi connectivity index (χ1) is 12.2. The van der Waals surface area contributed by atoms with Gasteiger partial charge in [0.2, 0.25) is 5.91 Å². The minimum Gasteiger partial charge on any atom is -0.333 e. The number of carbonyl (C=O) groups excluding carboxylic acids is 1. The summed E-state index contributed by atoms with van der Waals surface area (Å²) in [5.41, 5.74) is 10.3. The number of amides is 1. The zero-order valence-electron chi connectivity index (χ0n) is 14.4. The Balaban J connectivity index is 1.47. The normalized spacial score (nSPS) is 41.4. The van der Waals surface area contributed by atoms with E-state index < -0.39 is 6.04 Å². The summed E-state index contributed by atoms with van der Waals surface area (Å²) in [5.74, 6) is 2.49. The topological polar surface area (TPSA) is 69.1 Å². The van der Waals surface area contributed by atoms with Crippen LogP contribution in [0, 0.1) is 23.2 Å². The Morgan fingerprint density at radius 2 is 1.68 bits per heavy atom. The first-order valence-electron chi connectivity index (χ1n) is 9.57. The van der Waals surface area contributed by atoms with Gasteiger partial charge in [-0.1, -0.05) is 35.4 Å². The molecule has 2 atom stereocenters. The molecule has 1 aromatic rings. The molecular formula is C20H24N4O. The van der Waals surface area contributed by atoms with Gasteiger partial charge in [-0.15, -0.1) is 0 Å². The summed E-state index contributed by atoms with van der Waals surface area (Å²) in [5, 5.41) is 3.93. The fourth-order valence-electron chi connectivity index (χ4n) is 6.86. The van der Waals surface area contributed by atoms with E-state index in [1.807, 2.05) is 23.1 Å². The highest BCUT2D eigenvalue weighted by molar-refractivity contribution is 5.90. The second-order valence-corrected chi connectivity index (χ2v) is 8.83. The number of benzene rings is 1. The molecule has 6 rings (SSSR count). The fraction of sp³-hybridized carbons (Fsp3) is 0.650. The van der Waals surface area contributed by atoms with Gasteiger partial charge in [-0.2, -0.15) is 0 Å². The number of nitrogens with zero attached hydrogens (tertiary/aromatic N) is 4. The molecule has 1 aromatic carbocycles. The summed E-state index contributed by atoms with van der Waals surface area (Å²) >= 11 is 0. The predicted octanol–water partition coefficient (Wildman–Crippen LogP) is 4.29. The molecule has 1 amide bonds. The fourth-order valence-corrected chi connectivity index (χ4v) is 6.86. The highest BCUT2D eigenvalue weighted by Gasteiger charge is 2.62. The second-order valence-electron chi connectivity index (χ2n) is 8.83. The highest BCUT2D eigenvalue weighted by Crippen LogP contribution is 2.63. The van der Waals surface area contributed by atoms with E-state index in [1.54, 1.807) is 0 Å². The lowest BCUT2D eigenvalue weighted by atomic mass is 9.46. The number of β-lactam (4-membered cyclic amide) rings is 1. The van der Waals surface area contributed by atoms with Crippen LogP contribution in [0.15, 0.2) is 35.4 Å². The monoisotopic (exact) mass is 336 g/mol. The number of carbonyl (C=O) groups is 1. The van der Waals surface area contributed by atoms with Gasteiger partial charge in [0.05, 0.1) is 6.04 Å². The van der Waals surface area contributed by atoms with Crippen LogP contribution in [0.5, 0.6) is 0 Å². The van der Waals surface area contributed by atoms with E-state index in [1.165, 1.54) is 38.5 Å². The molecule has 0 unspecified atom stereocenters. The average molecular weight is 336 g/mol. The summed E-state index contributed by atoms with van der Waals surface area (Å²) in [6.07, 6.45) is 7.80. The Kier molecular flexibility index (Phi) is 3.36. The van der Waals surface area contributed by atoms with Crippen LogP contribution in [-0.4, -0.2) is 22.9 Å². The summed E-state index contributed by atoms with van der Waals surface area (Å²) in [7, 11) is 0. The molecule has 4 saturated carbocycles. The van der Waals surface area contributed by atoms with Gasteiger partial charge in [0.1, 0.15) is 6.04 Å². The van der Waals surface area contributed by atoms with E-state index in [0.29, 0.717) is 6.54 Å². The van der Waals surface area contributed by atoms with Crippen molar-refractivity contribution < 1.29 is 4.79 Å². The van der Waals surface area contributed by atoms with Gasteiger partial charge in [-0.25, -0.2) is 0 Å². The summed E-state index contributed by atoms with van der Waals surface area (Å²) in [6, 6.07) is 9.81. The van der Waals surface area contributed by atoms with Crippen molar-refractivity contribution in [3.8, 4) is 0 Å². The van der Waals surface area contributed by atoms with Crippen molar-refractivity contribution in [3.05, 3.63) is 46.3 Å². The molecule has 5 fully saturated rings. The van der Waals surface area contributed by atoms with E-state index in [-0.39, 0.29) is 17.4 Å². The van der Waals surface area contributed by atoms with Crippen LogP contribution in [0.25, 0.3) is 10.4 Å². The standard InChI is InChI=1S/C20H24N4O/c21-23-22-17-18(24(19(17)25)12-13-4-2-1-3-5-13)20-9-14-6-15(10-20)8-16(7-14)11-20/h1-5,14-18H,6-12H2/t14?,15?,16?,17-,18+,20?/m1/s1. The van der Waals surface area contributed by atoms with Gasteiger partial charge in [0.15, 0.2) is 0 Å². The zero-order chi connectivity index (χ0) is 17.0. The first-order valence-corrected chi connectivity index (χ1v) is 9.57. The summed E-state index contributed by atoms with van der Waals surface area (Å²) in [4.78, 5) is 17.7. The highest BCUT2D eigenvalue weighted by atomic mass is 16.2. The average Bonchev–Trinajstić information content (AvgIpc) is 2.60. The maximum atomic E-state index is 12.7. The molecular weight excluding hydrogens is 312 g/mol. The number of hydrogen-bond donors (Lipinski definition) is 0. The molecule has 1 saturated heterocycles. The predicted molar refractivity (Wildman–Crippen MR) is 94.3 cm³/mol. The molecule has 4 bridgehead atoms. The van der Waals surface area contributed by atoms with Gasteiger partial charge in [-0.05, 0) is 72.8 Å². The van der Waals surface area contributed by atoms with Crippen molar-refractivity contribution in [3.63, 3.8) is 0 Å². The Hall–Kier alpha value is -2.00. The third kappa shape index (κ3) is 2.29. The van der Waals surface area contributed by atoms with Crippen molar-refractivity contribution in [1.82, 2.24) is 4.90 Å². The lowest BCUT2D eigenvalue weighted by molar-refractivity contribution is -0.176. The van der Waals surface area contributed by atoms with Gasteiger partial charge in [0.25, 0.3) is 0 Å². The van der Waals surface area contributed by atoms with E-state index >= 15 is 0 Å². The van der Waals surface area contributed by atoms with E-state index in [9.17, 15) is 4.79 Å². The molecule has 130 valence electrons. The number of likely N-dealkylation sites (tertiary alicyclic amines) is 1. The Morgan fingerprint density at radius 1 is 1.08 bits per heavy atom. The molecule has 5 aliphatic rings. The van der Waals surface area contributed by atoms with Crippen LogP contribution < -0.4 is 0 Å². The molecule has 25 heavy (non-hydrogen) atoms. The van der Waals surface area contributed by atoms with Crippen molar-refractivity contribution in [1.29, 1.82) is 0 Å². The van der Waals surface area contributed by atoms with Crippen molar-refractivity contribution in [2.75, 3.05) is 0 Å². The molecule has 5 nitrogen and oxygen atoms in total. The first kappa shape index (κ1) is 15.3. The van der Waals surface area contributed by atoms with E-state index in [0.717, 1.165) is 23.3 Å². The number of hydrogen-bond acceptors (Lipinski definition) is 2. The minimum absolute atomic E-state index is 0.0161. The molecule has 5 heteroatoms.